The Morgan fingerprint density at radius 1 is 1.33 bits per heavy atom. The molecule has 0 aliphatic rings. The van der Waals surface area contributed by atoms with Crippen LogP contribution in [0.3, 0.4) is 0 Å². The second kappa shape index (κ2) is 7.80. The molecule has 1 aromatic carbocycles. The first-order valence-corrected chi connectivity index (χ1v) is 7.51. The van der Waals surface area contributed by atoms with Gasteiger partial charge in [-0.2, -0.15) is 0 Å². The summed E-state index contributed by atoms with van der Waals surface area (Å²) in [5.41, 5.74) is 0.779. The van der Waals surface area contributed by atoms with Crippen molar-refractivity contribution < 1.29 is 4.79 Å². The number of anilines is 1. The lowest BCUT2D eigenvalue weighted by Gasteiger charge is -2.16. The Morgan fingerprint density at radius 2 is 1.94 bits per heavy atom. The quantitative estimate of drug-likeness (QED) is 0.756. The maximum atomic E-state index is 12.2. The zero-order valence-corrected chi connectivity index (χ0v) is 13.1. The van der Waals surface area contributed by atoms with Crippen LogP contribution < -0.4 is 5.32 Å². The highest BCUT2D eigenvalue weighted by Gasteiger charge is 2.17. The van der Waals surface area contributed by atoms with Crippen LogP contribution in [0.4, 0.5) is 5.69 Å². The van der Waals surface area contributed by atoms with E-state index in [-0.39, 0.29) is 11.8 Å². The highest BCUT2D eigenvalue weighted by Crippen LogP contribution is 2.27. The molecule has 0 aromatic heterocycles. The van der Waals surface area contributed by atoms with E-state index in [1.165, 1.54) is 0 Å². The molecule has 0 fully saturated rings. The van der Waals surface area contributed by atoms with Crippen molar-refractivity contribution in [2.24, 2.45) is 5.92 Å². The van der Waals surface area contributed by atoms with Gasteiger partial charge in [-0.1, -0.05) is 38.3 Å². The van der Waals surface area contributed by atoms with E-state index in [1.807, 2.05) is 6.07 Å². The van der Waals surface area contributed by atoms with Gasteiger partial charge in [-0.15, -0.1) is 0 Å². The molecule has 0 unspecified atom stereocenters. The summed E-state index contributed by atoms with van der Waals surface area (Å²) in [4.78, 5) is 12.2. The van der Waals surface area contributed by atoms with E-state index in [0.29, 0.717) is 5.02 Å². The second-order valence-corrected chi connectivity index (χ2v) is 5.68. The van der Waals surface area contributed by atoms with Crippen molar-refractivity contribution in [3.63, 3.8) is 0 Å². The van der Waals surface area contributed by atoms with Gasteiger partial charge in [0.1, 0.15) is 0 Å². The minimum absolute atomic E-state index is 0.0988. The molecule has 0 saturated heterocycles. The molecule has 0 spiro atoms. The van der Waals surface area contributed by atoms with Gasteiger partial charge in [-0.25, -0.2) is 0 Å². The molecule has 0 aliphatic heterocycles. The van der Waals surface area contributed by atoms with E-state index in [9.17, 15) is 4.79 Å². The Morgan fingerprint density at radius 3 is 2.44 bits per heavy atom. The number of halogens is 2. The molecule has 0 radical (unpaired) electrons. The van der Waals surface area contributed by atoms with E-state index in [1.54, 1.807) is 12.1 Å². The monoisotopic (exact) mass is 331 g/mol. The molecule has 0 atom stereocenters. The topological polar surface area (TPSA) is 29.1 Å². The summed E-state index contributed by atoms with van der Waals surface area (Å²) < 4.78 is 0.815. The first-order chi connectivity index (χ1) is 8.58. The third-order valence-corrected chi connectivity index (χ3v) is 3.73. The molecule has 18 heavy (non-hydrogen) atoms. The summed E-state index contributed by atoms with van der Waals surface area (Å²) in [7, 11) is 0. The Labute approximate surface area is 122 Å². The minimum Gasteiger partial charge on any atom is -0.325 e. The number of carbonyl (C=O) groups excluding carboxylic acids is 1. The average molecular weight is 333 g/mol. The van der Waals surface area contributed by atoms with Crippen LogP contribution in [-0.2, 0) is 4.79 Å². The van der Waals surface area contributed by atoms with Crippen molar-refractivity contribution in [1.82, 2.24) is 0 Å². The summed E-state index contributed by atoms with van der Waals surface area (Å²) >= 11 is 9.28. The summed E-state index contributed by atoms with van der Waals surface area (Å²) in [5.74, 6) is 0.198. The van der Waals surface area contributed by atoms with Gasteiger partial charge in [-0.05, 0) is 47.0 Å². The fraction of sp³-hybridized carbons (Fsp3) is 0.500. The molecule has 0 saturated carbocycles. The van der Waals surface area contributed by atoms with Gasteiger partial charge < -0.3 is 5.32 Å². The van der Waals surface area contributed by atoms with Crippen LogP contribution >= 0.6 is 27.5 Å². The highest BCUT2D eigenvalue weighted by molar-refractivity contribution is 9.10. The lowest BCUT2D eigenvalue weighted by atomic mass is 9.97. The molecule has 2 nitrogen and oxygen atoms in total. The van der Waals surface area contributed by atoms with Crippen molar-refractivity contribution in [3.8, 4) is 0 Å². The minimum atomic E-state index is 0.0988. The third kappa shape index (κ3) is 4.62. The molecule has 0 bridgehead atoms. The highest BCUT2D eigenvalue weighted by atomic mass is 79.9. The maximum absolute atomic E-state index is 12.2. The summed E-state index contributed by atoms with van der Waals surface area (Å²) in [6.45, 7) is 4.21. The number of benzene rings is 1. The van der Waals surface area contributed by atoms with Crippen LogP contribution in [0.1, 0.15) is 39.5 Å². The number of hydrogen-bond acceptors (Lipinski definition) is 1. The van der Waals surface area contributed by atoms with Gasteiger partial charge in [0.15, 0.2) is 0 Å². The molecule has 1 aromatic rings. The number of nitrogens with one attached hydrogen (secondary N) is 1. The zero-order chi connectivity index (χ0) is 13.5. The Kier molecular flexibility index (Phi) is 6.72. The lowest BCUT2D eigenvalue weighted by molar-refractivity contribution is -0.120. The molecule has 1 rings (SSSR count). The molecule has 0 heterocycles. The van der Waals surface area contributed by atoms with Gasteiger partial charge >= 0.3 is 0 Å². The van der Waals surface area contributed by atoms with E-state index >= 15 is 0 Å². The van der Waals surface area contributed by atoms with Crippen LogP contribution in [0, 0.1) is 5.92 Å². The van der Waals surface area contributed by atoms with Crippen molar-refractivity contribution in [2.45, 2.75) is 39.5 Å². The molecule has 1 N–H and O–H groups in total. The molecular formula is C14H19BrClNO. The first kappa shape index (κ1) is 15.5. The molecule has 100 valence electrons. The summed E-state index contributed by atoms with van der Waals surface area (Å²) in [6.07, 6.45) is 3.93. The Bertz CT molecular complexity index is 403. The fourth-order valence-electron chi connectivity index (χ4n) is 1.93. The molecular weight excluding hydrogens is 314 g/mol. The Balaban J connectivity index is 2.72. The van der Waals surface area contributed by atoms with Crippen molar-refractivity contribution in [3.05, 3.63) is 27.7 Å². The van der Waals surface area contributed by atoms with E-state index < -0.39 is 0 Å². The number of hydrogen-bond donors (Lipinski definition) is 1. The normalized spacial score (nSPS) is 10.7. The SMILES string of the molecule is CCCC(CCC)C(=O)Nc1ccc(Cl)cc1Br. The summed E-state index contributed by atoms with van der Waals surface area (Å²) in [6, 6.07) is 5.38. The number of carbonyl (C=O) groups is 1. The van der Waals surface area contributed by atoms with Gasteiger partial charge in [0.2, 0.25) is 5.91 Å². The lowest BCUT2D eigenvalue weighted by Crippen LogP contribution is -2.22. The first-order valence-electron chi connectivity index (χ1n) is 6.34. The smallest absolute Gasteiger partial charge is 0.227 e. The van der Waals surface area contributed by atoms with Crippen molar-refractivity contribution in [2.75, 3.05) is 5.32 Å². The van der Waals surface area contributed by atoms with E-state index in [2.05, 4.69) is 35.1 Å². The molecule has 0 aliphatic carbocycles. The van der Waals surface area contributed by atoms with Crippen molar-refractivity contribution in [1.29, 1.82) is 0 Å². The van der Waals surface area contributed by atoms with Gasteiger partial charge in [-0.3, -0.25) is 4.79 Å². The number of rotatable bonds is 6. The predicted octanol–water partition coefficient (Wildman–Crippen LogP) is 5.26. The zero-order valence-electron chi connectivity index (χ0n) is 10.8. The van der Waals surface area contributed by atoms with Crippen LogP contribution in [0.5, 0.6) is 0 Å². The third-order valence-electron chi connectivity index (χ3n) is 2.83. The molecule has 4 heteroatoms. The second-order valence-electron chi connectivity index (χ2n) is 4.39. The number of amides is 1. The van der Waals surface area contributed by atoms with Gasteiger partial charge in [0, 0.05) is 15.4 Å². The predicted molar refractivity (Wildman–Crippen MR) is 81.1 cm³/mol. The molecule has 1 amide bonds. The standard InChI is InChI=1S/C14H19BrClNO/c1-3-5-10(6-4-2)14(18)17-13-8-7-11(16)9-12(13)15/h7-10H,3-6H2,1-2H3,(H,17,18). The van der Waals surface area contributed by atoms with Gasteiger partial charge in [0.05, 0.1) is 5.69 Å². The van der Waals surface area contributed by atoms with E-state index in [4.69, 9.17) is 11.6 Å². The van der Waals surface area contributed by atoms with Crippen LogP contribution in [0.25, 0.3) is 0 Å². The Hall–Kier alpha value is -0.540. The maximum Gasteiger partial charge on any atom is 0.227 e. The van der Waals surface area contributed by atoms with Crippen LogP contribution in [-0.4, -0.2) is 5.91 Å². The fourth-order valence-corrected chi connectivity index (χ4v) is 2.71. The average Bonchev–Trinajstić information content (AvgIpc) is 2.32. The van der Waals surface area contributed by atoms with E-state index in [0.717, 1.165) is 35.8 Å². The van der Waals surface area contributed by atoms with Crippen LogP contribution in [0.2, 0.25) is 5.02 Å². The largest absolute Gasteiger partial charge is 0.325 e. The van der Waals surface area contributed by atoms with Crippen LogP contribution in [0.15, 0.2) is 22.7 Å². The van der Waals surface area contributed by atoms with Gasteiger partial charge in [0.25, 0.3) is 0 Å². The summed E-state index contributed by atoms with van der Waals surface area (Å²) in [5, 5.41) is 3.61. The van der Waals surface area contributed by atoms with Crippen molar-refractivity contribution >= 4 is 39.1 Å².